The monoisotopic (exact) mass is 376 g/mol. The van der Waals surface area contributed by atoms with Gasteiger partial charge < -0.3 is 14.7 Å². The van der Waals surface area contributed by atoms with Gasteiger partial charge in [0.1, 0.15) is 0 Å². The lowest BCUT2D eigenvalue weighted by Crippen LogP contribution is -2.28. The van der Waals surface area contributed by atoms with E-state index < -0.39 is 0 Å². The van der Waals surface area contributed by atoms with Crippen LogP contribution in [0.5, 0.6) is 0 Å². The molecule has 4 heterocycles. The lowest BCUT2D eigenvalue weighted by atomic mass is 10.2. The highest BCUT2D eigenvalue weighted by atomic mass is 16.5. The minimum Gasteiger partial charge on any atom is -0.355 e. The number of hydrogen-bond acceptors (Lipinski definition) is 7. The van der Waals surface area contributed by atoms with E-state index in [2.05, 4.69) is 30.3 Å². The highest BCUT2D eigenvalue weighted by molar-refractivity contribution is 5.93. The quantitative estimate of drug-likeness (QED) is 0.703. The van der Waals surface area contributed by atoms with Gasteiger partial charge in [0.2, 0.25) is 5.95 Å². The summed E-state index contributed by atoms with van der Waals surface area (Å²) in [5, 5.41) is 6.82. The Bertz CT molecular complexity index is 949. The van der Waals surface area contributed by atoms with Crippen molar-refractivity contribution in [2.24, 2.45) is 17.8 Å². The van der Waals surface area contributed by atoms with Gasteiger partial charge in [0.25, 0.3) is 5.91 Å². The highest BCUT2D eigenvalue weighted by Crippen LogP contribution is 2.53. The zero-order valence-corrected chi connectivity index (χ0v) is 15.2. The Hall–Kier alpha value is -3.29. The zero-order chi connectivity index (χ0) is 18.9. The molecule has 1 amide bonds. The summed E-state index contributed by atoms with van der Waals surface area (Å²) in [6.07, 6.45) is 7.91. The molecule has 28 heavy (non-hydrogen) atoms. The molecule has 0 aromatic carbocycles. The molecule has 1 aliphatic heterocycles. The van der Waals surface area contributed by atoms with Crippen molar-refractivity contribution in [1.29, 1.82) is 0 Å². The predicted molar refractivity (Wildman–Crippen MR) is 101 cm³/mol. The van der Waals surface area contributed by atoms with E-state index >= 15 is 0 Å². The highest BCUT2D eigenvalue weighted by Gasteiger charge is 2.55. The Kier molecular flexibility index (Phi) is 4.23. The van der Waals surface area contributed by atoms with E-state index in [1.165, 1.54) is 0 Å². The Morgan fingerprint density at radius 1 is 1.18 bits per heavy atom. The van der Waals surface area contributed by atoms with Gasteiger partial charge in [-0.25, -0.2) is 9.97 Å². The minimum absolute atomic E-state index is 0.205. The van der Waals surface area contributed by atoms with Crippen LogP contribution in [0.15, 0.2) is 53.6 Å². The summed E-state index contributed by atoms with van der Waals surface area (Å²) >= 11 is 0. The third-order valence-corrected chi connectivity index (χ3v) is 5.66. The molecule has 1 aliphatic carbocycles. The van der Waals surface area contributed by atoms with Crippen molar-refractivity contribution >= 4 is 11.9 Å². The van der Waals surface area contributed by atoms with Gasteiger partial charge in [-0.05, 0) is 42.4 Å². The fourth-order valence-corrected chi connectivity index (χ4v) is 4.17. The molecule has 0 unspecified atom stereocenters. The standard InChI is InChI=1S/C20H20N6O2/c27-19(17-9-18(28-25-17)13-3-1-5-21-10-13)22-8-4-14-15-11-26(12-16(14)15)20-23-6-2-7-24-20/h1-3,5-7,9-10,14-16H,4,8,11-12H2,(H,22,27)/t14-,15-,16+. The van der Waals surface area contributed by atoms with Crippen LogP contribution in [0.4, 0.5) is 5.95 Å². The number of rotatable bonds is 6. The van der Waals surface area contributed by atoms with Gasteiger partial charge in [-0.3, -0.25) is 9.78 Å². The van der Waals surface area contributed by atoms with Crippen molar-refractivity contribution in [2.75, 3.05) is 24.5 Å². The van der Waals surface area contributed by atoms with Crippen molar-refractivity contribution in [3.8, 4) is 11.3 Å². The van der Waals surface area contributed by atoms with Crippen molar-refractivity contribution < 1.29 is 9.32 Å². The minimum atomic E-state index is -0.205. The number of hydrogen-bond donors (Lipinski definition) is 1. The molecule has 3 aromatic rings. The Balaban J connectivity index is 1.09. The van der Waals surface area contributed by atoms with Crippen LogP contribution in [0.1, 0.15) is 16.9 Å². The molecule has 0 radical (unpaired) electrons. The van der Waals surface area contributed by atoms with Gasteiger partial charge >= 0.3 is 0 Å². The lowest BCUT2D eigenvalue weighted by Gasteiger charge is -2.19. The zero-order valence-electron chi connectivity index (χ0n) is 15.2. The summed E-state index contributed by atoms with van der Waals surface area (Å²) in [7, 11) is 0. The molecular formula is C20H20N6O2. The van der Waals surface area contributed by atoms with E-state index in [-0.39, 0.29) is 5.91 Å². The van der Waals surface area contributed by atoms with Crippen LogP contribution in [0.25, 0.3) is 11.3 Å². The number of aromatic nitrogens is 4. The predicted octanol–water partition coefficient (Wildman–Crippen LogP) is 2.03. The molecule has 1 saturated heterocycles. The lowest BCUT2D eigenvalue weighted by molar-refractivity contribution is 0.0943. The van der Waals surface area contributed by atoms with Gasteiger partial charge in [-0.2, -0.15) is 0 Å². The smallest absolute Gasteiger partial charge is 0.273 e. The van der Waals surface area contributed by atoms with Crippen LogP contribution in [0, 0.1) is 17.8 Å². The molecule has 3 atom stereocenters. The number of carbonyl (C=O) groups excluding carboxylic acids is 1. The van der Waals surface area contributed by atoms with Crippen LogP contribution >= 0.6 is 0 Å². The molecule has 5 rings (SSSR count). The first kappa shape index (κ1) is 16.9. The van der Waals surface area contributed by atoms with Crippen molar-refractivity contribution in [3.05, 3.63) is 54.7 Å². The van der Waals surface area contributed by atoms with E-state index in [0.717, 1.165) is 31.0 Å². The Morgan fingerprint density at radius 3 is 2.75 bits per heavy atom. The van der Waals surface area contributed by atoms with Crippen LogP contribution in [0.3, 0.4) is 0 Å². The Morgan fingerprint density at radius 2 is 2.00 bits per heavy atom. The number of piperidine rings is 1. The molecule has 142 valence electrons. The topological polar surface area (TPSA) is 97.0 Å². The van der Waals surface area contributed by atoms with Gasteiger partial charge in [-0.1, -0.05) is 5.16 Å². The second kappa shape index (κ2) is 7.03. The fourth-order valence-electron chi connectivity index (χ4n) is 4.17. The van der Waals surface area contributed by atoms with Gasteiger partial charge in [0.05, 0.1) is 0 Å². The largest absolute Gasteiger partial charge is 0.355 e. The first-order valence-electron chi connectivity index (χ1n) is 9.47. The molecule has 0 spiro atoms. The van der Waals surface area contributed by atoms with Gasteiger partial charge in [-0.15, -0.1) is 0 Å². The number of amides is 1. The molecule has 1 saturated carbocycles. The SMILES string of the molecule is O=C(NCC[C@@H]1[C@H]2CN(c3ncccn3)C[C@@H]12)c1cc(-c2cccnc2)on1. The molecular weight excluding hydrogens is 356 g/mol. The van der Waals surface area contributed by atoms with Crippen LogP contribution in [-0.4, -0.2) is 45.7 Å². The number of nitrogens with zero attached hydrogens (tertiary/aromatic N) is 5. The number of carbonyl (C=O) groups is 1. The number of anilines is 1. The maximum absolute atomic E-state index is 12.3. The number of pyridine rings is 1. The number of fused-ring (bicyclic) bond motifs is 1. The molecule has 3 aromatic heterocycles. The van der Waals surface area contributed by atoms with E-state index in [4.69, 9.17) is 4.52 Å². The second-order valence-corrected chi connectivity index (χ2v) is 7.31. The molecule has 1 N–H and O–H groups in total. The summed E-state index contributed by atoms with van der Waals surface area (Å²) < 4.78 is 5.26. The molecule has 8 heteroatoms. The normalized spacial score (nSPS) is 22.7. The molecule has 2 fully saturated rings. The van der Waals surface area contributed by atoms with Crippen LogP contribution < -0.4 is 10.2 Å². The van der Waals surface area contributed by atoms with Gasteiger partial charge in [0, 0.05) is 56.1 Å². The third-order valence-electron chi connectivity index (χ3n) is 5.66. The van der Waals surface area contributed by atoms with E-state index in [0.29, 0.717) is 35.8 Å². The maximum atomic E-state index is 12.3. The van der Waals surface area contributed by atoms with Crippen LogP contribution in [-0.2, 0) is 0 Å². The summed E-state index contributed by atoms with van der Waals surface area (Å²) in [6.45, 7) is 2.66. The van der Waals surface area contributed by atoms with E-state index in [1.807, 2.05) is 18.2 Å². The summed E-state index contributed by atoms with van der Waals surface area (Å²) in [5.41, 5.74) is 1.09. The summed E-state index contributed by atoms with van der Waals surface area (Å²) in [6, 6.07) is 7.16. The Labute approximate surface area is 162 Å². The first-order chi connectivity index (χ1) is 13.8. The molecule has 2 aliphatic rings. The molecule has 0 bridgehead atoms. The van der Waals surface area contributed by atoms with Crippen molar-refractivity contribution in [2.45, 2.75) is 6.42 Å². The van der Waals surface area contributed by atoms with Gasteiger partial charge in [0.15, 0.2) is 11.5 Å². The summed E-state index contributed by atoms with van der Waals surface area (Å²) in [5.74, 6) is 3.19. The van der Waals surface area contributed by atoms with E-state index in [9.17, 15) is 4.79 Å². The van der Waals surface area contributed by atoms with E-state index in [1.54, 1.807) is 30.9 Å². The molecule has 8 nitrogen and oxygen atoms in total. The van der Waals surface area contributed by atoms with Crippen LogP contribution in [0.2, 0.25) is 0 Å². The average molecular weight is 376 g/mol. The average Bonchev–Trinajstić information content (AvgIpc) is 3.14. The summed E-state index contributed by atoms with van der Waals surface area (Å²) in [4.78, 5) is 27.2. The fraction of sp³-hybridized carbons (Fsp3) is 0.350. The maximum Gasteiger partial charge on any atom is 0.273 e. The van der Waals surface area contributed by atoms with Crippen molar-refractivity contribution in [3.63, 3.8) is 0 Å². The first-order valence-corrected chi connectivity index (χ1v) is 9.47. The number of nitrogens with one attached hydrogen (secondary N) is 1. The second-order valence-electron chi connectivity index (χ2n) is 7.31. The third kappa shape index (κ3) is 3.21. The van der Waals surface area contributed by atoms with Crippen molar-refractivity contribution in [1.82, 2.24) is 25.4 Å².